The molecule has 0 aliphatic carbocycles. The molecule has 126 valence electrons. The predicted octanol–water partition coefficient (Wildman–Crippen LogP) is 2.71. The van der Waals surface area contributed by atoms with E-state index in [2.05, 4.69) is 9.88 Å². The summed E-state index contributed by atoms with van der Waals surface area (Å²) in [5, 5.41) is 14.7. The van der Waals surface area contributed by atoms with Gasteiger partial charge in [-0.25, -0.2) is 8.42 Å². The molecule has 0 unspecified atom stereocenters. The van der Waals surface area contributed by atoms with Crippen LogP contribution in [0.25, 0.3) is 10.8 Å². The largest absolute Gasteiger partial charge is 0.502 e. The number of fused-ring (bicyclic) bond motifs is 1. The highest BCUT2D eigenvalue weighted by atomic mass is 32.2. The molecule has 0 aliphatic rings. The van der Waals surface area contributed by atoms with E-state index in [4.69, 9.17) is 4.52 Å². The topological polar surface area (TPSA) is 95.7 Å². The SMILES string of the molecule is Cc1onc(NS(=O)(=O)c2cccc3c(N(C)C)cccc23)c1O. The van der Waals surface area contributed by atoms with Gasteiger partial charge in [0.1, 0.15) is 0 Å². The summed E-state index contributed by atoms with van der Waals surface area (Å²) in [6.45, 7) is 1.49. The normalized spacial score (nSPS) is 11.6. The summed E-state index contributed by atoms with van der Waals surface area (Å²) < 4.78 is 32.5. The van der Waals surface area contributed by atoms with Crippen molar-refractivity contribution in [3.8, 4) is 5.75 Å². The highest BCUT2D eigenvalue weighted by Crippen LogP contribution is 2.32. The molecule has 0 saturated heterocycles. The Morgan fingerprint density at radius 2 is 1.79 bits per heavy atom. The molecule has 0 atom stereocenters. The van der Waals surface area contributed by atoms with E-state index in [1.807, 2.05) is 31.1 Å². The van der Waals surface area contributed by atoms with Crippen LogP contribution in [0.2, 0.25) is 0 Å². The number of benzene rings is 2. The summed E-state index contributed by atoms with van der Waals surface area (Å²) >= 11 is 0. The van der Waals surface area contributed by atoms with E-state index in [0.29, 0.717) is 5.39 Å². The van der Waals surface area contributed by atoms with Crippen molar-refractivity contribution in [3.63, 3.8) is 0 Å². The van der Waals surface area contributed by atoms with Crippen molar-refractivity contribution in [1.82, 2.24) is 5.16 Å². The number of nitrogens with zero attached hydrogens (tertiary/aromatic N) is 2. The maximum atomic E-state index is 12.7. The first-order chi connectivity index (χ1) is 11.3. The predicted molar refractivity (Wildman–Crippen MR) is 92.0 cm³/mol. The van der Waals surface area contributed by atoms with Crippen LogP contribution in [0.1, 0.15) is 5.76 Å². The fourth-order valence-corrected chi connectivity index (χ4v) is 3.73. The van der Waals surface area contributed by atoms with Gasteiger partial charge in [-0.05, 0) is 12.1 Å². The van der Waals surface area contributed by atoms with Crippen LogP contribution in [0.3, 0.4) is 0 Å². The highest BCUT2D eigenvalue weighted by Gasteiger charge is 2.22. The van der Waals surface area contributed by atoms with E-state index in [1.54, 1.807) is 18.2 Å². The van der Waals surface area contributed by atoms with Crippen molar-refractivity contribution in [1.29, 1.82) is 0 Å². The number of hydrogen-bond donors (Lipinski definition) is 2. The molecule has 2 N–H and O–H groups in total. The van der Waals surface area contributed by atoms with Gasteiger partial charge in [-0.2, -0.15) is 0 Å². The molecule has 0 bridgehead atoms. The molecule has 1 heterocycles. The average molecular weight is 347 g/mol. The lowest BCUT2D eigenvalue weighted by molar-refractivity contribution is 0.384. The number of aromatic hydroxyl groups is 1. The molecule has 0 spiro atoms. The van der Waals surface area contributed by atoms with E-state index >= 15 is 0 Å². The minimum Gasteiger partial charge on any atom is -0.502 e. The van der Waals surface area contributed by atoms with Crippen LogP contribution < -0.4 is 9.62 Å². The van der Waals surface area contributed by atoms with Gasteiger partial charge in [0.25, 0.3) is 10.0 Å². The Bertz CT molecular complexity index is 1010. The molecule has 7 nitrogen and oxygen atoms in total. The standard InChI is InChI=1S/C16H17N3O4S/c1-10-15(20)16(17-23-10)18-24(21,22)14-9-5-6-11-12(14)7-4-8-13(11)19(2)3/h4-9,20H,1-3H3,(H,17,18). The maximum absolute atomic E-state index is 12.7. The van der Waals surface area contributed by atoms with Crippen LogP contribution in [-0.2, 0) is 10.0 Å². The fraction of sp³-hybridized carbons (Fsp3) is 0.188. The number of nitrogens with one attached hydrogen (secondary N) is 1. The van der Waals surface area contributed by atoms with Gasteiger partial charge in [-0.1, -0.05) is 29.4 Å². The Kier molecular flexibility index (Phi) is 3.84. The Balaban J connectivity index is 2.15. The minimum atomic E-state index is -3.94. The second kappa shape index (κ2) is 5.72. The summed E-state index contributed by atoms with van der Waals surface area (Å²) in [6.07, 6.45) is 0. The van der Waals surface area contributed by atoms with Crippen molar-refractivity contribution in [2.45, 2.75) is 11.8 Å². The van der Waals surface area contributed by atoms with Gasteiger partial charge in [0.2, 0.25) is 11.6 Å². The van der Waals surface area contributed by atoms with Gasteiger partial charge in [0.15, 0.2) is 5.76 Å². The summed E-state index contributed by atoms with van der Waals surface area (Å²) in [4.78, 5) is 2.02. The molecular weight excluding hydrogens is 330 g/mol. The first-order valence-corrected chi connectivity index (χ1v) is 8.66. The Labute approximate surface area is 139 Å². The summed E-state index contributed by atoms with van der Waals surface area (Å²) in [7, 11) is -0.156. The van der Waals surface area contributed by atoms with E-state index < -0.39 is 10.0 Å². The molecule has 0 amide bonds. The Morgan fingerprint density at radius 1 is 1.12 bits per heavy atom. The van der Waals surface area contributed by atoms with Gasteiger partial charge in [0, 0.05) is 37.5 Å². The number of sulfonamides is 1. The average Bonchev–Trinajstić information content (AvgIpc) is 2.85. The van der Waals surface area contributed by atoms with Crippen LogP contribution >= 0.6 is 0 Å². The molecule has 8 heteroatoms. The van der Waals surface area contributed by atoms with E-state index in [1.165, 1.54) is 13.0 Å². The number of anilines is 2. The third kappa shape index (κ3) is 2.65. The molecule has 0 radical (unpaired) electrons. The Morgan fingerprint density at radius 3 is 2.42 bits per heavy atom. The van der Waals surface area contributed by atoms with Crippen molar-refractivity contribution >= 4 is 32.3 Å². The Hall–Kier alpha value is -2.74. The lowest BCUT2D eigenvalue weighted by Crippen LogP contribution is -2.14. The van der Waals surface area contributed by atoms with Crippen molar-refractivity contribution in [2.75, 3.05) is 23.7 Å². The molecule has 1 aromatic heterocycles. The van der Waals surface area contributed by atoms with Crippen LogP contribution in [0, 0.1) is 6.92 Å². The second-order valence-electron chi connectivity index (χ2n) is 5.56. The quantitative estimate of drug-likeness (QED) is 0.753. The zero-order valence-corrected chi connectivity index (χ0v) is 14.3. The van der Waals surface area contributed by atoms with E-state index in [0.717, 1.165) is 11.1 Å². The monoisotopic (exact) mass is 347 g/mol. The number of hydrogen-bond acceptors (Lipinski definition) is 6. The van der Waals surface area contributed by atoms with E-state index in [9.17, 15) is 13.5 Å². The first-order valence-electron chi connectivity index (χ1n) is 7.18. The first kappa shape index (κ1) is 16.1. The van der Waals surface area contributed by atoms with Gasteiger partial charge >= 0.3 is 0 Å². The molecule has 2 aromatic carbocycles. The number of aryl methyl sites for hydroxylation is 1. The molecule has 0 saturated carbocycles. The third-order valence-electron chi connectivity index (χ3n) is 3.69. The zero-order chi connectivity index (χ0) is 17.5. The number of aromatic nitrogens is 1. The van der Waals surface area contributed by atoms with Gasteiger partial charge in [0.05, 0.1) is 4.90 Å². The van der Waals surface area contributed by atoms with Crippen molar-refractivity contribution in [3.05, 3.63) is 42.2 Å². The molecule has 0 aliphatic heterocycles. The lowest BCUT2D eigenvalue weighted by atomic mass is 10.1. The molecule has 3 rings (SSSR count). The summed E-state index contributed by atoms with van der Waals surface area (Å²) in [6, 6.07) is 10.5. The third-order valence-corrected chi connectivity index (χ3v) is 5.09. The minimum absolute atomic E-state index is 0.101. The van der Waals surface area contributed by atoms with Crippen molar-refractivity contribution < 1.29 is 18.0 Å². The number of rotatable bonds is 4. The van der Waals surface area contributed by atoms with E-state index in [-0.39, 0.29) is 22.2 Å². The zero-order valence-electron chi connectivity index (χ0n) is 13.4. The molecule has 24 heavy (non-hydrogen) atoms. The summed E-state index contributed by atoms with van der Waals surface area (Å²) in [5.74, 6) is -0.415. The molecule has 3 aromatic rings. The van der Waals surface area contributed by atoms with Gasteiger partial charge in [-0.15, -0.1) is 0 Å². The molecule has 0 fully saturated rings. The van der Waals surface area contributed by atoms with Crippen molar-refractivity contribution in [2.24, 2.45) is 0 Å². The molecular formula is C16H17N3O4S. The lowest BCUT2D eigenvalue weighted by Gasteiger charge is -2.17. The smallest absolute Gasteiger partial charge is 0.263 e. The van der Waals surface area contributed by atoms with Crippen LogP contribution in [0.5, 0.6) is 5.75 Å². The fourth-order valence-electron chi connectivity index (χ4n) is 2.51. The highest BCUT2D eigenvalue weighted by molar-refractivity contribution is 7.93. The van der Waals surface area contributed by atoms with Crippen LogP contribution in [0.4, 0.5) is 11.5 Å². The van der Waals surface area contributed by atoms with Gasteiger partial charge in [-0.3, -0.25) is 4.72 Å². The van der Waals surface area contributed by atoms with Crippen LogP contribution in [0.15, 0.2) is 45.8 Å². The van der Waals surface area contributed by atoms with Crippen LogP contribution in [-0.4, -0.2) is 32.8 Å². The summed E-state index contributed by atoms with van der Waals surface area (Å²) in [5.41, 5.74) is 0.907. The van der Waals surface area contributed by atoms with Gasteiger partial charge < -0.3 is 14.5 Å². The second-order valence-corrected chi connectivity index (χ2v) is 7.22. The maximum Gasteiger partial charge on any atom is 0.263 e.